The summed E-state index contributed by atoms with van der Waals surface area (Å²) in [7, 11) is 0. The summed E-state index contributed by atoms with van der Waals surface area (Å²) in [6.07, 6.45) is 2.60. The van der Waals surface area contributed by atoms with Crippen molar-refractivity contribution >= 4 is 11.9 Å². The first-order valence-electron chi connectivity index (χ1n) is 6.17. The van der Waals surface area contributed by atoms with Crippen molar-refractivity contribution in [2.45, 2.75) is 26.4 Å². The summed E-state index contributed by atoms with van der Waals surface area (Å²) in [5.74, 6) is -1.09. The second-order valence-corrected chi connectivity index (χ2v) is 4.22. The lowest BCUT2D eigenvalue weighted by molar-refractivity contribution is -0.142. The van der Waals surface area contributed by atoms with Gasteiger partial charge in [0.1, 0.15) is 0 Å². The summed E-state index contributed by atoms with van der Waals surface area (Å²) < 4.78 is 9.81. The van der Waals surface area contributed by atoms with Crippen molar-refractivity contribution in [3.05, 3.63) is 48.0 Å². The van der Waals surface area contributed by atoms with Crippen LogP contribution in [0, 0.1) is 0 Å². The van der Waals surface area contributed by atoms with E-state index in [2.05, 4.69) is 0 Å². The molecule has 1 aromatic rings. The Morgan fingerprint density at radius 1 is 1.11 bits per heavy atom. The smallest absolute Gasteiger partial charge is 0.331 e. The standard InChI is InChI=1S/C15H18O4/c1-12(2)19-15(17)9-8-14(16)18-11-10-13-6-4-3-5-7-13/h3-9,12H,10-11H2,1-2H3/b9-8+. The van der Waals surface area contributed by atoms with E-state index in [1.165, 1.54) is 0 Å². The van der Waals surface area contributed by atoms with Gasteiger partial charge in [0.2, 0.25) is 0 Å². The fraction of sp³-hybridized carbons (Fsp3) is 0.333. The van der Waals surface area contributed by atoms with E-state index in [4.69, 9.17) is 9.47 Å². The predicted molar refractivity (Wildman–Crippen MR) is 71.5 cm³/mol. The van der Waals surface area contributed by atoms with Crippen LogP contribution in [0.2, 0.25) is 0 Å². The Hall–Kier alpha value is -2.10. The Morgan fingerprint density at radius 2 is 1.74 bits per heavy atom. The molecule has 19 heavy (non-hydrogen) atoms. The summed E-state index contributed by atoms with van der Waals surface area (Å²) >= 11 is 0. The van der Waals surface area contributed by atoms with E-state index in [-0.39, 0.29) is 12.7 Å². The molecule has 0 spiro atoms. The maximum absolute atomic E-state index is 11.3. The molecule has 0 radical (unpaired) electrons. The monoisotopic (exact) mass is 262 g/mol. The Kier molecular flexibility index (Phi) is 6.36. The van der Waals surface area contributed by atoms with E-state index in [1.54, 1.807) is 13.8 Å². The third-order valence-corrected chi connectivity index (χ3v) is 2.19. The van der Waals surface area contributed by atoms with Gasteiger partial charge in [0.05, 0.1) is 12.7 Å². The average molecular weight is 262 g/mol. The van der Waals surface area contributed by atoms with Crippen LogP contribution in [0.5, 0.6) is 0 Å². The van der Waals surface area contributed by atoms with Crippen molar-refractivity contribution in [2.24, 2.45) is 0 Å². The van der Waals surface area contributed by atoms with Gasteiger partial charge >= 0.3 is 11.9 Å². The molecule has 4 nitrogen and oxygen atoms in total. The summed E-state index contributed by atoms with van der Waals surface area (Å²) in [5, 5.41) is 0. The van der Waals surface area contributed by atoms with E-state index in [0.717, 1.165) is 17.7 Å². The van der Waals surface area contributed by atoms with Crippen LogP contribution in [0.4, 0.5) is 0 Å². The van der Waals surface area contributed by atoms with E-state index >= 15 is 0 Å². The van der Waals surface area contributed by atoms with Crippen LogP contribution in [-0.4, -0.2) is 24.6 Å². The normalized spacial score (nSPS) is 10.7. The van der Waals surface area contributed by atoms with Gasteiger partial charge in [0, 0.05) is 18.6 Å². The second-order valence-electron chi connectivity index (χ2n) is 4.22. The molecule has 0 aliphatic carbocycles. The molecule has 4 heteroatoms. The summed E-state index contributed by atoms with van der Waals surface area (Å²) in [6, 6.07) is 9.71. The highest BCUT2D eigenvalue weighted by Crippen LogP contribution is 2.00. The van der Waals surface area contributed by atoms with E-state index < -0.39 is 11.9 Å². The Bertz CT molecular complexity index is 435. The highest BCUT2D eigenvalue weighted by Gasteiger charge is 2.03. The molecule has 0 saturated heterocycles. The lowest BCUT2D eigenvalue weighted by atomic mass is 10.2. The molecule has 0 N–H and O–H groups in total. The fourth-order valence-corrected chi connectivity index (χ4v) is 1.37. The summed E-state index contributed by atoms with van der Waals surface area (Å²) in [6.45, 7) is 3.76. The Balaban J connectivity index is 2.24. The molecule has 102 valence electrons. The SMILES string of the molecule is CC(C)OC(=O)/C=C/C(=O)OCCc1ccccc1. The maximum atomic E-state index is 11.3. The van der Waals surface area contributed by atoms with Gasteiger partial charge in [-0.05, 0) is 19.4 Å². The van der Waals surface area contributed by atoms with Crippen molar-refractivity contribution in [2.75, 3.05) is 6.61 Å². The van der Waals surface area contributed by atoms with Crippen LogP contribution in [-0.2, 0) is 25.5 Å². The molecule has 0 heterocycles. The van der Waals surface area contributed by atoms with Crippen molar-refractivity contribution in [1.29, 1.82) is 0 Å². The van der Waals surface area contributed by atoms with Gasteiger partial charge in [-0.1, -0.05) is 30.3 Å². The number of esters is 2. The fourth-order valence-electron chi connectivity index (χ4n) is 1.37. The first-order valence-corrected chi connectivity index (χ1v) is 6.17. The number of carbonyl (C=O) groups excluding carboxylic acids is 2. The van der Waals surface area contributed by atoms with Crippen LogP contribution >= 0.6 is 0 Å². The van der Waals surface area contributed by atoms with Crippen molar-refractivity contribution in [1.82, 2.24) is 0 Å². The molecule has 0 saturated carbocycles. The van der Waals surface area contributed by atoms with Crippen LogP contribution < -0.4 is 0 Å². The molecule has 0 unspecified atom stereocenters. The second kappa shape index (κ2) is 8.08. The van der Waals surface area contributed by atoms with Crippen molar-refractivity contribution < 1.29 is 19.1 Å². The molecule has 0 atom stereocenters. The lowest BCUT2D eigenvalue weighted by Gasteiger charge is -2.04. The number of carbonyl (C=O) groups is 2. The third-order valence-electron chi connectivity index (χ3n) is 2.19. The van der Waals surface area contributed by atoms with Crippen LogP contribution in [0.25, 0.3) is 0 Å². The minimum atomic E-state index is -0.546. The molecular weight excluding hydrogens is 244 g/mol. The number of hydrogen-bond acceptors (Lipinski definition) is 4. The van der Waals surface area contributed by atoms with Gasteiger partial charge in [-0.2, -0.15) is 0 Å². The molecule has 0 fully saturated rings. The molecular formula is C15H18O4. The molecule has 1 rings (SSSR count). The molecule has 0 bridgehead atoms. The maximum Gasteiger partial charge on any atom is 0.331 e. The molecule has 0 aliphatic rings. The highest BCUT2D eigenvalue weighted by molar-refractivity contribution is 5.91. The van der Waals surface area contributed by atoms with Crippen LogP contribution in [0.3, 0.4) is 0 Å². The highest BCUT2D eigenvalue weighted by atomic mass is 16.5. The van der Waals surface area contributed by atoms with Crippen molar-refractivity contribution in [3.8, 4) is 0 Å². The van der Waals surface area contributed by atoms with Gasteiger partial charge < -0.3 is 9.47 Å². The van der Waals surface area contributed by atoms with E-state index in [0.29, 0.717) is 6.42 Å². The van der Waals surface area contributed by atoms with Gasteiger partial charge in [-0.3, -0.25) is 0 Å². The zero-order valence-corrected chi connectivity index (χ0v) is 11.2. The molecule has 0 aliphatic heterocycles. The number of hydrogen-bond donors (Lipinski definition) is 0. The van der Waals surface area contributed by atoms with Crippen LogP contribution in [0.15, 0.2) is 42.5 Å². The number of ether oxygens (including phenoxy) is 2. The largest absolute Gasteiger partial charge is 0.462 e. The number of benzene rings is 1. The first-order chi connectivity index (χ1) is 9.08. The van der Waals surface area contributed by atoms with E-state index in [9.17, 15) is 9.59 Å². The Morgan fingerprint density at radius 3 is 2.37 bits per heavy atom. The molecule has 0 aromatic heterocycles. The van der Waals surface area contributed by atoms with Gasteiger partial charge in [0.15, 0.2) is 0 Å². The third kappa shape index (κ3) is 7.03. The van der Waals surface area contributed by atoms with Crippen LogP contribution in [0.1, 0.15) is 19.4 Å². The van der Waals surface area contributed by atoms with Gasteiger partial charge in [-0.15, -0.1) is 0 Å². The van der Waals surface area contributed by atoms with Gasteiger partial charge in [0.25, 0.3) is 0 Å². The Labute approximate surface area is 113 Å². The zero-order chi connectivity index (χ0) is 14.1. The topological polar surface area (TPSA) is 52.6 Å². The minimum absolute atomic E-state index is 0.203. The van der Waals surface area contributed by atoms with Crippen molar-refractivity contribution in [3.63, 3.8) is 0 Å². The number of rotatable bonds is 6. The predicted octanol–water partition coefficient (Wildman–Crippen LogP) is 2.28. The lowest BCUT2D eigenvalue weighted by Crippen LogP contribution is -2.10. The quantitative estimate of drug-likeness (QED) is 0.583. The van der Waals surface area contributed by atoms with E-state index in [1.807, 2.05) is 30.3 Å². The average Bonchev–Trinajstić information content (AvgIpc) is 2.37. The summed E-state index contributed by atoms with van der Waals surface area (Å²) in [4.78, 5) is 22.4. The minimum Gasteiger partial charge on any atom is -0.462 e. The molecule has 0 amide bonds. The first kappa shape index (κ1) is 15.0. The molecule has 1 aromatic carbocycles. The van der Waals surface area contributed by atoms with Gasteiger partial charge in [-0.25, -0.2) is 9.59 Å². The zero-order valence-electron chi connectivity index (χ0n) is 11.2. The summed E-state index contributed by atoms with van der Waals surface area (Å²) in [5.41, 5.74) is 1.10.